The second-order valence-electron chi connectivity index (χ2n) is 5.05. The normalized spacial score (nSPS) is 11.4. The SMILES string of the molecule is O=C(O)c1cc(NS(=O)(=O)c2cccc3ncccc23)c(F)cc1F. The molecule has 0 aliphatic heterocycles. The van der Waals surface area contributed by atoms with Crippen LogP contribution in [0.25, 0.3) is 10.9 Å². The minimum absolute atomic E-state index is 0.168. The van der Waals surface area contributed by atoms with Crippen molar-refractivity contribution in [2.24, 2.45) is 0 Å². The molecule has 2 aromatic carbocycles. The van der Waals surface area contributed by atoms with E-state index in [0.29, 0.717) is 23.0 Å². The number of aromatic nitrogens is 1. The highest BCUT2D eigenvalue weighted by molar-refractivity contribution is 7.93. The van der Waals surface area contributed by atoms with E-state index in [1.807, 2.05) is 4.72 Å². The Morgan fingerprint density at radius 2 is 1.84 bits per heavy atom. The third-order valence-electron chi connectivity index (χ3n) is 3.43. The van der Waals surface area contributed by atoms with Crippen molar-refractivity contribution >= 4 is 32.6 Å². The standard InChI is InChI=1S/C16H10F2N2O4S/c17-11-8-12(18)14(7-10(11)16(21)22)20-25(23,24)15-5-1-4-13-9(15)3-2-6-19-13/h1-8,20H,(H,21,22). The minimum atomic E-state index is -4.26. The largest absolute Gasteiger partial charge is 0.478 e. The van der Waals surface area contributed by atoms with Crippen molar-refractivity contribution in [2.75, 3.05) is 4.72 Å². The van der Waals surface area contributed by atoms with Crippen LogP contribution >= 0.6 is 0 Å². The number of nitrogens with zero attached hydrogens (tertiary/aromatic N) is 1. The molecule has 6 nitrogen and oxygen atoms in total. The predicted molar refractivity (Wildman–Crippen MR) is 85.9 cm³/mol. The Kier molecular flexibility index (Phi) is 4.09. The fourth-order valence-corrected chi connectivity index (χ4v) is 3.58. The van der Waals surface area contributed by atoms with Crippen LogP contribution in [0.2, 0.25) is 0 Å². The van der Waals surface area contributed by atoms with E-state index in [-0.39, 0.29) is 4.90 Å². The molecular weight excluding hydrogens is 354 g/mol. The minimum Gasteiger partial charge on any atom is -0.478 e. The van der Waals surface area contributed by atoms with Gasteiger partial charge in [0.1, 0.15) is 11.6 Å². The average Bonchev–Trinajstić information content (AvgIpc) is 2.56. The maximum absolute atomic E-state index is 13.9. The summed E-state index contributed by atoms with van der Waals surface area (Å²) < 4.78 is 54.5. The first kappa shape index (κ1) is 16.8. The van der Waals surface area contributed by atoms with Gasteiger partial charge in [-0.15, -0.1) is 0 Å². The molecule has 0 radical (unpaired) electrons. The quantitative estimate of drug-likeness (QED) is 0.742. The van der Waals surface area contributed by atoms with Gasteiger partial charge in [-0.2, -0.15) is 0 Å². The lowest BCUT2D eigenvalue weighted by Crippen LogP contribution is -2.15. The third-order valence-corrected chi connectivity index (χ3v) is 4.85. The van der Waals surface area contributed by atoms with Gasteiger partial charge in [0.2, 0.25) is 0 Å². The average molecular weight is 364 g/mol. The van der Waals surface area contributed by atoms with Gasteiger partial charge in [0, 0.05) is 17.6 Å². The van der Waals surface area contributed by atoms with Gasteiger partial charge in [-0.1, -0.05) is 6.07 Å². The summed E-state index contributed by atoms with van der Waals surface area (Å²) in [5.74, 6) is -4.18. The van der Waals surface area contributed by atoms with Crippen LogP contribution in [0.3, 0.4) is 0 Å². The first-order chi connectivity index (χ1) is 11.8. The van der Waals surface area contributed by atoms with Gasteiger partial charge in [0.15, 0.2) is 0 Å². The first-order valence-electron chi connectivity index (χ1n) is 6.88. The smallest absolute Gasteiger partial charge is 0.338 e. The molecule has 25 heavy (non-hydrogen) atoms. The molecule has 0 spiro atoms. The number of hydrogen-bond acceptors (Lipinski definition) is 4. The predicted octanol–water partition coefficient (Wildman–Crippen LogP) is 3.01. The van der Waals surface area contributed by atoms with E-state index in [2.05, 4.69) is 4.98 Å². The van der Waals surface area contributed by atoms with E-state index in [9.17, 15) is 22.0 Å². The monoisotopic (exact) mass is 364 g/mol. The summed E-state index contributed by atoms with van der Waals surface area (Å²) in [7, 11) is -4.26. The molecule has 0 fully saturated rings. The molecule has 3 rings (SSSR count). The number of aromatic carboxylic acids is 1. The number of carbonyl (C=O) groups is 1. The number of anilines is 1. The number of hydrogen-bond donors (Lipinski definition) is 2. The van der Waals surface area contributed by atoms with Gasteiger partial charge in [-0.3, -0.25) is 9.71 Å². The van der Waals surface area contributed by atoms with Crippen LogP contribution in [0.1, 0.15) is 10.4 Å². The summed E-state index contributed by atoms with van der Waals surface area (Å²) in [4.78, 5) is 14.8. The van der Waals surface area contributed by atoms with Gasteiger partial charge in [-0.05, 0) is 30.3 Å². The van der Waals surface area contributed by atoms with Crippen LogP contribution in [0.5, 0.6) is 0 Å². The van der Waals surface area contributed by atoms with Crippen molar-refractivity contribution in [3.8, 4) is 0 Å². The molecule has 128 valence electrons. The molecule has 3 aromatic rings. The van der Waals surface area contributed by atoms with E-state index >= 15 is 0 Å². The molecule has 1 aromatic heterocycles. The number of halogens is 2. The maximum atomic E-state index is 13.9. The zero-order valence-corrected chi connectivity index (χ0v) is 13.2. The Balaban J connectivity index is 2.11. The number of rotatable bonds is 4. The van der Waals surface area contributed by atoms with Gasteiger partial charge in [-0.25, -0.2) is 22.0 Å². The molecule has 0 unspecified atom stereocenters. The van der Waals surface area contributed by atoms with Gasteiger partial charge >= 0.3 is 5.97 Å². The highest BCUT2D eigenvalue weighted by atomic mass is 32.2. The number of nitrogens with one attached hydrogen (secondary N) is 1. The topological polar surface area (TPSA) is 96.4 Å². The molecule has 0 atom stereocenters. The fourth-order valence-electron chi connectivity index (χ4n) is 2.30. The summed E-state index contributed by atoms with van der Waals surface area (Å²) in [6.07, 6.45) is 1.49. The van der Waals surface area contributed by atoms with E-state index in [0.717, 1.165) is 0 Å². The van der Waals surface area contributed by atoms with Crippen LogP contribution in [0, 0.1) is 11.6 Å². The molecule has 0 saturated heterocycles. The highest BCUT2D eigenvalue weighted by Crippen LogP contribution is 2.26. The second-order valence-corrected chi connectivity index (χ2v) is 6.70. The second kappa shape index (κ2) is 6.10. The van der Waals surface area contributed by atoms with Crippen LogP contribution in [-0.2, 0) is 10.0 Å². The molecule has 0 bridgehead atoms. The van der Waals surface area contributed by atoms with E-state index in [4.69, 9.17) is 5.11 Å². The summed E-state index contributed by atoms with van der Waals surface area (Å²) in [6, 6.07) is 8.34. The highest BCUT2D eigenvalue weighted by Gasteiger charge is 2.22. The third kappa shape index (κ3) is 3.13. The molecule has 1 heterocycles. The zero-order valence-electron chi connectivity index (χ0n) is 12.4. The lowest BCUT2D eigenvalue weighted by Gasteiger charge is -2.12. The van der Waals surface area contributed by atoms with E-state index in [1.54, 1.807) is 12.1 Å². The van der Waals surface area contributed by atoms with Crippen molar-refractivity contribution in [1.29, 1.82) is 0 Å². The number of benzene rings is 2. The first-order valence-corrected chi connectivity index (χ1v) is 8.37. The molecule has 2 N–H and O–H groups in total. The van der Waals surface area contributed by atoms with Gasteiger partial charge in [0.05, 0.1) is 21.7 Å². The van der Waals surface area contributed by atoms with Gasteiger partial charge < -0.3 is 5.11 Å². The van der Waals surface area contributed by atoms with E-state index < -0.39 is 38.9 Å². The lowest BCUT2D eigenvalue weighted by molar-refractivity contribution is 0.0692. The molecule has 0 aliphatic rings. The number of carboxylic acid groups (broad SMARTS) is 1. The summed E-state index contributed by atoms with van der Waals surface area (Å²) in [6.45, 7) is 0. The molecular formula is C16H10F2N2O4S. The van der Waals surface area contributed by atoms with Crippen molar-refractivity contribution in [3.63, 3.8) is 0 Å². The zero-order chi connectivity index (χ0) is 18.2. The Hall–Kier alpha value is -3.07. The summed E-state index contributed by atoms with van der Waals surface area (Å²) in [5.41, 5.74) is -1.10. The van der Waals surface area contributed by atoms with Crippen molar-refractivity contribution < 1.29 is 27.1 Å². The summed E-state index contributed by atoms with van der Waals surface area (Å²) in [5, 5.41) is 9.19. The van der Waals surface area contributed by atoms with Crippen molar-refractivity contribution in [3.05, 3.63) is 65.9 Å². The fraction of sp³-hybridized carbons (Fsp3) is 0. The van der Waals surface area contributed by atoms with Crippen LogP contribution in [0.15, 0.2) is 53.6 Å². The maximum Gasteiger partial charge on any atom is 0.338 e. The Morgan fingerprint density at radius 1 is 1.08 bits per heavy atom. The molecule has 9 heteroatoms. The van der Waals surface area contributed by atoms with Crippen LogP contribution in [0.4, 0.5) is 14.5 Å². The number of pyridine rings is 1. The number of fused-ring (bicyclic) bond motifs is 1. The Bertz CT molecular complexity index is 1100. The van der Waals surface area contributed by atoms with Gasteiger partial charge in [0.25, 0.3) is 10.0 Å². The Morgan fingerprint density at radius 3 is 2.56 bits per heavy atom. The molecule has 0 aliphatic carbocycles. The van der Waals surface area contributed by atoms with Crippen LogP contribution in [-0.4, -0.2) is 24.5 Å². The Labute approximate surface area is 140 Å². The van der Waals surface area contributed by atoms with Crippen LogP contribution < -0.4 is 4.72 Å². The van der Waals surface area contributed by atoms with Crippen molar-refractivity contribution in [1.82, 2.24) is 4.98 Å². The molecule has 0 amide bonds. The van der Waals surface area contributed by atoms with Crippen molar-refractivity contribution in [2.45, 2.75) is 4.90 Å². The number of sulfonamides is 1. The molecule has 0 saturated carbocycles. The summed E-state index contributed by atoms with van der Waals surface area (Å²) >= 11 is 0. The number of carboxylic acids is 1. The van der Waals surface area contributed by atoms with E-state index in [1.165, 1.54) is 24.4 Å². The lowest BCUT2D eigenvalue weighted by atomic mass is 10.2.